The molecule has 0 spiro atoms. The Morgan fingerprint density at radius 1 is 1.11 bits per heavy atom. The van der Waals surface area contributed by atoms with Crippen molar-refractivity contribution in [3.05, 3.63) is 29.8 Å². The van der Waals surface area contributed by atoms with Gasteiger partial charge in [0.1, 0.15) is 0 Å². The molecule has 0 amide bonds. The number of aryl methyl sites for hydroxylation is 1. The van der Waals surface area contributed by atoms with Crippen molar-refractivity contribution < 1.29 is 17.7 Å². The molecular weight excluding hydrogens is 374 g/mol. The molecule has 1 N–H and O–H groups in total. The van der Waals surface area contributed by atoms with Gasteiger partial charge in [0, 0.05) is 18.1 Å². The molecule has 0 aromatic heterocycles. The Labute approximate surface area is 170 Å². The summed E-state index contributed by atoms with van der Waals surface area (Å²) in [7, 11) is -3.80. The summed E-state index contributed by atoms with van der Waals surface area (Å²) in [4.78, 5) is 2.88. The van der Waals surface area contributed by atoms with Gasteiger partial charge in [-0.3, -0.25) is 9.08 Å². The number of rotatable bonds is 10. The predicted molar refractivity (Wildman–Crippen MR) is 111 cm³/mol. The quantitative estimate of drug-likeness (QED) is 0.467. The van der Waals surface area contributed by atoms with Crippen LogP contribution in [0.3, 0.4) is 0 Å². The van der Waals surface area contributed by atoms with Crippen molar-refractivity contribution in [1.82, 2.24) is 4.90 Å². The van der Waals surface area contributed by atoms with Gasteiger partial charge in [0.05, 0.1) is 17.6 Å². The molecule has 2 saturated heterocycles. The fourth-order valence-electron chi connectivity index (χ4n) is 4.83. The molecule has 4 atom stereocenters. The number of hydrogen-bond donors (Lipinski definition) is 1. The van der Waals surface area contributed by atoms with E-state index in [1.165, 1.54) is 50.7 Å². The van der Waals surface area contributed by atoms with Crippen LogP contribution in [-0.4, -0.2) is 49.3 Å². The second kappa shape index (κ2) is 9.70. The molecule has 0 bridgehead atoms. The minimum Gasteiger partial charge on any atom is -0.391 e. The van der Waals surface area contributed by atoms with Crippen LogP contribution in [0.4, 0.5) is 0 Å². The van der Waals surface area contributed by atoms with Gasteiger partial charge in [-0.1, -0.05) is 37.0 Å². The van der Waals surface area contributed by atoms with Crippen LogP contribution in [0.2, 0.25) is 0 Å². The van der Waals surface area contributed by atoms with Gasteiger partial charge in [-0.05, 0) is 64.5 Å². The van der Waals surface area contributed by atoms with Crippen molar-refractivity contribution >= 4 is 10.1 Å². The molecule has 5 nitrogen and oxygen atoms in total. The number of hydrogen-bond acceptors (Lipinski definition) is 5. The number of aliphatic hydroxyl groups excluding tert-OH is 1. The second-order valence-electron chi connectivity index (χ2n) is 8.60. The largest absolute Gasteiger partial charge is 0.391 e. The van der Waals surface area contributed by atoms with Gasteiger partial charge >= 0.3 is 0 Å². The summed E-state index contributed by atoms with van der Waals surface area (Å²) in [6.07, 6.45) is 9.65. The van der Waals surface area contributed by atoms with Crippen LogP contribution in [-0.2, 0) is 14.3 Å². The Hall–Kier alpha value is -0.950. The van der Waals surface area contributed by atoms with Crippen LogP contribution in [0, 0.1) is 6.92 Å². The zero-order valence-electron chi connectivity index (χ0n) is 17.2. The van der Waals surface area contributed by atoms with Crippen molar-refractivity contribution in [1.29, 1.82) is 0 Å². The lowest BCUT2D eigenvalue weighted by Gasteiger charge is -2.28. The lowest BCUT2D eigenvalue weighted by Crippen LogP contribution is -2.36. The molecule has 3 rings (SSSR count). The van der Waals surface area contributed by atoms with Gasteiger partial charge in [0.15, 0.2) is 0 Å². The highest BCUT2D eigenvalue weighted by Gasteiger charge is 2.39. The van der Waals surface area contributed by atoms with Crippen LogP contribution in [0.15, 0.2) is 29.2 Å². The summed E-state index contributed by atoms with van der Waals surface area (Å²) < 4.78 is 29.3. The molecule has 2 aliphatic heterocycles. The first-order chi connectivity index (χ1) is 13.4. The molecule has 158 valence electrons. The summed E-state index contributed by atoms with van der Waals surface area (Å²) in [5.41, 5.74) is 0.992. The van der Waals surface area contributed by atoms with Crippen LogP contribution < -0.4 is 0 Å². The van der Waals surface area contributed by atoms with Crippen molar-refractivity contribution in [3.63, 3.8) is 0 Å². The Morgan fingerprint density at radius 2 is 1.82 bits per heavy atom. The topological polar surface area (TPSA) is 66.8 Å². The summed E-state index contributed by atoms with van der Waals surface area (Å²) in [6, 6.07) is 8.86. The average Bonchev–Trinajstić information content (AvgIpc) is 3.24. The zero-order chi connectivity index (χ0) is 20.1. The lowest BCUT2D eigenvalue weighted by atomic mass is 10.0. The van der Waals surface area contributed by atoms with E-state index >= 15 is 0 Å². The number of unbranched alkanes of at least 4 members (excludes halogenated alkanes) is 2. The number of nitrogens with zero attached hydrogens (tertiary/aromatic N) is 1. The fraction of sp³-hybridized carbons (Fsp3) is 0.727. The normalized spacial score (nSPS) is 26.5. The van der Waals surface area contributed by atoms with Gasteiger partial charge < -0.3 is 5.11 Å². The second-order valence-corrected chi connectivity index (χ2v) is 10.2. The van der Waals surface area contributed by atoms with Crippen molar-refractivity contribution in [2.75, 3.05) is 6.61 Å². The fourth-order valence-corrected chi connectivity index (χ4v) is 5.77. The van der Waals surface area contributed by atoms with Gasteiger partial charge in [-0.15, -0.1) is 0 Å². The van der Waals surface area contributed by atoms with E-state index in [2.05, 4.69) is 11.8 Å². The highest BCUT2D eigenvalue weighted by molar-refractivity contribution is 7.86. The molecule has 2 fully saturated rings. The molecule has 0 aliphatic carbocycles. The van der Waals surface area contributed by atoms with Crippen molar-refractivity contribution in [3.8, 4) is 0 Å². The average molecular weight is 410 g/mol. The van der Waals surface area contributed by atoms with Crippen LogP contribution in [0.25, 0.3) is 0 Å². The van der Waals surface area contributed by atoms with E-state index in [9.17, 15) is 13.5 Å². The minimum absolute atomic E-state index is 0.135. The first-order valence-electron chi connectivity index (χ1n) is 10.8. The third-order valence-electron chi connectivity index (χ3n) is 6.40. The monoisotopic (exact) mass is 409 g/mol. The molecular formula is C22H35NO4S. The van der Waals surface area contributed by atoms with Crippen LogP contribution >= 0.6 is 0 Å². The first-order valence-corrected chi connectivity index (χ1v) is 12.2. The maximum atomic E-state index is 12.2. The third-order valence-corrected chi connectivity index (χ3v) is 7.70. The number of aliphatic hydroxyl groups is 1. The van der Waals surface area contributed by atoms with Crippen LogP contribution in [0.5, 0.6) is 0 Å². The highest BCUT2D eigenvalue weighted by Crippen LogP contribution is 2.38. The number of benzene rings is 1. The van der Waals surface area contributed by atoms with Crippen LogP contribution in [0.1, 0.15) is 70.3 Å². The number of fused-ring (bicyclic) bond motifs is 1. The van der Waals surface area contributed by atoms with E-state index in [1.807, 2.05) is 6.92 Å². The van der Waals surface area contributed by atoms with E-state index in [-0.39, 0.29) is 11.5 Å². The van der Waals surface area contributed by atoms with Gasteiger partial charge in [-0.2, -0.15) is 8.42 Å². The standard InChI is InChI=1S/C22H35NO4S/c1-17-8-14-22(15-9-17)28(25,26)27-16-21(24)7-5-3-4-6-19-12-13-20-11-10-18(2)23(19)20/h8-9,14-15,18-21,24H,3-7,10-13,16H2,1-2H3/t18-,19+,20+,21+/m0/s1. The van der Waals surface area contributed by atoms with Gasteiger partial charge in [0.25, 0.3) is 10.1 Å². The molecule has 2 heterocycles. The Kier molecular flexibility index (Phi) is 7.54. The zero-order valence-corrected chi connectivity index (χ0v) is 18.0. The van der Waals surface area contributed by atoms with E-state index in [4.69, 9.17) is 4.18 Å². The van der Waals surface area contributed by atoms with E-state index < -0.39 is 16.2 Å². The Balaban J connectivity index is 1.30. The van der Waals surface area contributed by atoms with Crippen molar-refractivity contribution in [2.24, 2.45) is 0 Å². The molecule has 0 radical (unpaired) electrons. The molecule has 1 aromatic rings. The summed E-state index contributed by atoms with van der Waals surface area (Å²) in [5, 5.41) is 10.1. The van der Waals surface area contributed by atoms with Gasteiger partial charge in [0.2, 0.25) is 0 Å². The summed E-state index contributed by atoms with van der Waals surface area (Å²) in [6.45, 7) is 4.09. The summed E-state index contributed by atoms with van der Waals surface area (Å²) in [5.74, 6) is 0. The molecule has 1 aromatic carbocycles. The summed E-state index contributed by atoms with van der Waals surface area (Å²) >= 11 is 0. The van der Waals surface area contributed by atoms with Gasteiger partial charge in [-0.25, -0.2) is 0 Å². The molecule has 2 aliphatic rings. The SMILES string of the molecule is Cc1ccc(S(=O)(=O)OC[C@H](O)CCCCC[C@@H]2CC[C@H]3CC[C@H](C)N23)cc1. The Morgan fingerprint density at radius 3 is 2.57 bits per heavy atom. The third kappa shape index (κ3) is 5.56. The van der Waals surface area contributed by atoms with E-state index in [1.54, 1.807) is 12.1 Å². The van der Waals surface area contributed by atoms with E-state index in [0.717, 1.165) is 36.5 Å². The highest BCUT2D eigenvalue weighted by atomic mass is 32.2. The molecule has 28 heavy (non-hydrogen) atoms. The molecule has 0 unspecified atom stereocenters. The smallest absolute Gasteiger partial charge is 0.297 e. The maximum absolute atomic E-state index is 12.2. The lowest BCUT2D eigenvalue weighted by molar-refractivity contribution is 0.1000. The van der Waals surface area contributed by atoms with E-state index in [0.29, 0.717) is 6.42 Å². The Bertz CT molecular complexity index is 719. The maximum Gasteiger partial charge on any atom is 0.297 e. The van der Waals surface area contributed by atoms with Crippen molar-refractivity contribution in [2.45, 2.75) is 101 Å². The molecule has 0 saturated carbocycles. The predicted octanol–water partition coefficient (Wildman–Crippen LogP) is 4.03. The molecule has 6 heteroatoms. The minimum atomic E-state index is -3.80. The first kappa shape index (κ1) is 21.8.